The number of amides is 1. The molecule has 1 amide bonds. The van der Waals surface area contributed by atoms with Crippen LogP contribution in [0.5, 0.6) is 23.0 Å². The quantitative estimate of drug-likeness (QED) is 0.523. The van der Waals surface area contributed by atoms with Gasteiger partial charge in [0.05, 0.1) is 23.9 Å². The molecule has 0 fully saturated rings. The maximum Gasteiger partial charge on any atom is 0.257 e. The van der Waals surface area contributed by atoms with Gasteiger partial charge in [-0.25, -0.2) is 4.98 Å². The highest BCUT2D eigenvalue weighted by atomic mass is 79.9. The zero-order valence-corrected chi connectivity index (χ0v) is 18.8. The van der Waals surface area contributed by atoms with Gasteiger partial charge in [0.25, 0.3) is 5.91 Å². The maximum atomic E-state index is 12.7. The number of methoxy groups -OCH3 is 1. The van der Waals surface area contributed by atoms with Gasteiger partial charge in [0.2, 0.25) is 0 Å². The van der Waals surface area contributed by atoms with Gasteiger partial charge in [-0.1, -0.05) is 0 Å². The minimum absolute atomic E-state index is 0.292. The van der Waals surface area contributed by atoms with Crippen LogP contribution in [-0.2, 0) is 0 Å². The molecule has 0 unspecified atom stereocenters. The topological polar surface area (TPSA) is 78.9 Å². The van der Waals surface area contributed by atoms with Crippen molar-refractivity contribution in [1.82, 2.24) is 4.98 Å². The Labute approximate surface area is 186 Å². The minimum atomic E-state index is -0.292. The van der Waals surface area contributed by atoms with E-state index in [0.717, 1.165) is 17.0 Å². The Morgan fingerprint density at radius 1 is 1.23 bits per heavy atom. The molecule has 4 rings (SSSR count). The van der Waals surface area contributed by atoms with Gasteiger partial charge in [-0.2, -0.15) is 0 Å². The number of hydrogen-bond donors (Lipinski definition) is 1. The third-order valence-corrected chi connectivity index (χ3v) is 5.69. The van der Waals surface area contributed by atoms with Gasteiger partial charge >= 0.3 is 0 Å². The van der Waals surface area contributed by atoms with E-state index in [1.807, 2.05) is 30.5 Å². The number of carbonyl (C=O) groups excluding carboxylic acids is 1. The standard InChI is InChI=1S/C21H19BrN2O5S/c1-3-27-19-14(22)8-13(10-18(19)26-2)20(25)24-21-23-15(11-30-21)12-4-5-16-17(9-12)29-7-6-28-16/h4-5,8-11H,3,6-7H2,1-2H3,(H,23,24,25). The molecule has 0 aliphatic carbocycles. The van der Waals surface area contributed by atoms with E-state index in [9.17, 15) is 4.79 Å². The summed E-state index contributed by atoms with van der Waals surface area (Å²) >= 11 is 4.79. The van der Waals surface area contributed by atoms with Crippen molar-refractivity contribution in [2.24, 2.45) is 0 Å². The predicted octanol–water partition coefficient (Wildman–Crippen LogP) is 5.00. The van der Waals surface area contributed by atoms with Crippen LogP contribution in [0.25, 0.3) is 11.3 Å². The second kappa shape index (κ2) is 8.93. The molecule has 0 atom stereocenters. The van der Waals surface area contributed by atoms with Crippen LogP contribution in [0.1, 0.15) is 17.3 Å². The van der Waals surface area contributed by atoms with E-state index in [0.29, 0.717) is 52.2 Å². The van der Waals surface area contributed by atoms with Crippen LogP contribution >= 0.6 is 27.3 Å². The van der Waals surface area contributed by atoms with Crippen molar-refractivity contribution >= 4 is 38.3 Å². The van der Waals surface area contributed by atoms with Crippen LogP contribution < -0.4 is 24.3 Å². The molecule has 0 saturated carbocycles. The van der Waals surface area contributed by atoms with Crippen LogP contribution in [0.15, 0.2) is 40.2 Å². The van der Waals surface area contributed by atoms with E-state index < -0.39 is 0 Å². The maximum absolute atomic E-state index is 12.7. The number of nitrogens with one attached hydrogen (secondary N) is 1. The molecular weight excluding hydrogens is 472 g/mol. The molecule has 2 heterocycles. The fraction of sp³-hybridized carbons (Fsp3) is 0.238. The molecule has 156 valence electrons. The van der Waals surface area contributed by atoms with E-state index in [1.54, 1.807) is 12.1 Å². The summed E-state index contributed by atoms with van der Waals surface area (Å²) in [4.78, 5) is 17.3. The molecule has 2 aromatic carbocycles. The Kier molecular flexibility index (Phi) is 6.10. The summed E-state index contributed by atoms with van der Waals surface area (Å²) < 4.78 is 22.8. The SMILES string of the molecule is CCOc1c(Br)cc(C(=O)Nc2nc(-c3ccc4c(c3)OCCO4)cs2)cc1OC. The lowest BCUT2D eigenvalue weighted by Gasteiger charge is -2.18. The molecule has 9 heteroatoms. The van der Waals surface area contributed by atoms with Crippen molar-refractivity contribution < 1.29 is 23.7 Å². The van der Waals surface area contributed by atoms with Crippen molar-refractivity contribution in [3.63, 3.8) is 0 Å². The lowest BCUT2D eigenvalue weighted by molar-refractivity contribution is 0.102. The summed E-state index contributed by atoms with van der Waals surface area (Å²) in [5.74, 6) is 2.17. The molecule has 1 aliphatic heterocycles. The molecular formula is C21H19BrN2O5S. The van der Waals surface area contributed by atoms with E-state index in [4.69, 9.17) is 18.9 Å². The second-order valence-corrected chi connectivity index (χ2v) is 7.99. The van der Waals surface area contributed by atoms with Gasteiger partial charge in [0.15, 0.2) is 28.1 Å². The number of hydrogen-bond acceptors (Lipinski definition) is 7. The van der Waals surface area contributed by atoms with Gasteiger partial charge < -0.3 is 18.9 Å². The molecule has 30 heavy (non-hydrogen) atoms. The fourth-order valence-electron chi connectivity index (χ4n) is 2.97. The highest BCUT2D eigenvalue weighted by Gasteiger charge is 2.18. The number of ether oxygens (including phenoxy) is 4. The molecule has 0 saturated heterocycles. The van der Waals surface area contributed by atoms with Crippen LogP contribution in [0.3, 0.4) is 0 Å². The summed E-state index contributed by atoms with van der Waals surface area (Å²) in [6.07, 6.45) is 0. The summed E-state index contributed by atoms with van der Waals surface area (Å²) in [6, 6.07) is 9.01. The van der Waals surface area contributed by atoms with Crippen LogP contribution in [0.4, 0.5) is 5.13 Å². The van der Waals surface area contributed by atoms with Crippen LogP contribution in [0.2, 0.25) is 0 Å². The largest absolute Gasteiger partial charge is 0.493 e. The first kappa shape index (κ1) is 20.5. The molecule has 0 radical (unpaired) electrons. The van der Waals surface area contributed by atoms with Crippen molar-refractivity contribution in [3.05, 3.63) is 45.7 Å². The summed E-state index contributed by atoms with van der Waals surface area (Å²) in [5, 5.41) is 5.21. The Bertz CT molecular complexity index is 1090. The first-order chi connectivity index (χ1) is 14.6. The zero-order chi connectivity index (χ0) is 21.1. The Hall–Kier alpha value is -2.78. The Morgan fingerprint density at radius 3 is 2.80 bits per heavy atom. The molecule has 3 aromatic rings. The number of nitrogens with zero attached hydrogens (tertiary/aromatic N) is 1. The zero-order valence-electron chi connectivity index (χ0n) is 16.4. The lowest BCUT2D eigenvalue weighted by Crippen LogP contribution is -2.15. The van der Waals surface area contributed by atoms with Crippen molar-refractivity contribution in [2.45, 2.75) is 6.92 Å². The van der Waals surface area contributed by atoms with E-state index in [-0.39, 0.29) is 5.91 Å². The van der Waals surface area contributed by atoms with Gasteiger partial charge in [0, 0.05) is 16.5 Å². The van der Waals surface area contributed by atoms with Gasteiger partial charge in [-0.3, -0.25) is 10.1 Å². The number of anilines is 1. The van der Waals surface area contributed by atoms with Gasteiger partial charge in [-0.05, 0) is 53.2 Å². The summed E-state index contributed by atoms with van der Waals surface area (Å²) in [6.45, 7) is 3.44. The van der Waals surface area contributed by atoms with Crippen molar-refractivity contribution in [2.75, 3.05) is 32.2 Å². The molecule has 1 aliphatic rings. The number of carbonyl (C=O) groups is 1. The molecule has 1 N–H and O–H groups in total. The lowest BCUT2D eigenvalue weighted by atomic mass is 10.1. The van der Waals surface area contributed by atoms with Gasteiger partial charge in [-0.15, -0.1) is 11.3 Å². The Morgan fingerprint density at radius 2 is 2.03 bits per heavy atom. The normalized spacial score (nSPS) is 12.4. The van der Waals surface area contributed by atoms with Crippen molar-refractivity contribution in [1.29, 1.82) is 0 Å². The highest BCUT2D eigenvalue weighted by molar-refractivity contribution is 9.10. The average molecular weight is 491 g/mol. The van der Waals surface area contributed by atoms with Crippen molar-refractivity contribution in [3.8, 4) is 34.3 Å². The first-order valence-corrected chi connectivity index (χ1v) is 10.9. The molecule has 0 spiro atoms. The van der Waals surface area contributed by atoms with E-state index in [1.165, 1.54) is 18.4 Å². The summed E-state index contributed by atoms with van der Waals surface area (Å²) in [7, 11) is 1.53. The first-order valence-electron chi connectivity index (χ1n) is 9.26. The van der Waals surface area contributed by atoms with E-state index in [2.05, 4.69) is 26.2 Å². The number of thiazole rings is 1. The molecule has 1 aromatic heterocycles. The summed E-state index contributed by atoms with van der Waals surface area (Å²) in [5.41, 5.74) is 2.07. The minimum Gasteiger partial charge on any atom is -0.493 e. The third kappa shape index (κ3) is 4.22. The predicted molar refractivity (Wildman–Crippen MR) is 118 cm³/mol. The smallest absolute Gasteiger partial charge is 0.257 e. The second-order valence-electron chi connectivity index (χ2n) is 6.27. The van der Waals surface area contributed by atoms with E-state index >= 15 is 0 Å². The number of fused-ring (bicyclic) bond motifs is 1. The highest BCUT2D eigenvalue weighted by Crippen LogP contribution is 2.38. The fourth-order valence-corrected chi connectivity index (χ4v) is 4.24. The number of rotatable bonds is 6. The average Bonchev–Trinajstić information content (AvgIpc) is 3.23. The van der Waals surface area contributed by atoms with Crippen LogP contribution in [-0.4, -0.2) is 37.8 Å². The number of halogens is 1. The number of benzene rings is 2. The third-order valence-electron chi connectivity index (χ3n) is 4.34. The molecule has 0 bridgehead atoms. The Balaban J connectivity index is 1.53. The van der Waals surface area contributed by atoms with Gasteiger partial charge in [0.1, 0.15) is 13.2 Å². The van der Waals surface area contributed by atoms with Crippen LogP contribution in [0, 0.1) is 0 Å². The monoisotopic (exact) mass is 490 g/mol. The number of aromatic nitrogens is 1. The molecule has 7 nitrogen and oxygen atoms in total.